The SMILES string of the molecule is COC1C=CC(N)=CC1(N)N1CCOCC1. The number of rotatable bonds is 2. The fourth-order valence-corrected chi connectivity index (χ4v) is 2.24. The molecule has 1 aliphatic heterocycles. The summed E-state index contributed by atoms with van der Waals surface area (Å²) in [6.07, 6.45) is 5.44. The van der Waals surface area contributed by atoms with Gasteiger partial charge in [-0.1, -0.05) is 6.08 Å². The van der Waals surface area contributed by atoms with Crippen LogP contribution >= 0.6 is 0 Å². The molecule has 0 bridgehead atoms. The number of nitrogens with two attached hydrogens (primary N) is 2. The summed E-state index contributed by atoms with van der Waals surface area (Å²) < 4.78 is 10.7. The van der Waals surface area contributed by atoms with Gasteiger partial charge in [0, 0.05) is 25.9 Å². The highest BCUT2D eigenvalue weighted by Gasteiger charge is 2.40. The molecule has 0 saturated carbocycles. The van der Waals surface area contributed by atoms with Gasteiger partial charge in [-0.2, -0.15) is 0 Å². The number of nitrogens with zero attached hydrogens (tertiary/aromatic N) is 1. The lowest BCUT2D eigenvalue weighted by molar-refractivity contribution is -0.0527. The summed E-state index contributed by atoms with van der Waals surface area (Å²) in [5.74, 6) is 0. The fourth-order valence-electron chi connectivity index (χ4n) is 2.24. The van der Waals surface area contributed by atoms with E-state index < -0.39 is 5.66 Å². The summed E-state index contributed by atoms with van der Waals surface area (Å²) in [4.78, 5) is 2.15. The zero-order valence-corrected chi connectivity index (χ0v) is 9.56. The van der Waals surface area contributed by atoms with Crippen LogP contribution < -0.4 is 11.5 Å². The van der Waals surface area contributed by atoms with Crippen LogP contribution in [0.3, 0.4) is 0 Å². The van der Waals surface area contributed by atoms with E-state index in [1.807, 2.05) is 18.2 Å². The number of methoxy groups -OCH3 is 1. The van der Waals surface area contributed by atoms with Crippen molar-refractivity contribution >= 4 is 0 Å². The highest BCUT2D eigenvalue weighted by molar-refractivity contribution is 5.30. The molecule has 90 valence electrons. The molecule has 5 nitrogen and oxygen atoms in total. The summed E-state index contributed by atoms with van der Waals surface area (Å²) in [6.45, 7) is 3.00. The number of hydrogen-bond acceptors (Lipinski definition) is 5. The minimum absolute atomic E-state index is 0.169. The van der Waals surface area contributed by atoms with E-state index in [1.54, 1.807) is 7.11 Å². The molecule has 4 N–H and O–H groups in total. The van der Waals surface area contributed by atoms with Crippen LogP contribution in [0.2, 0.25) is 0 Å². The molecule has 0 aromatic carbocycles. The third kappa shape index (κ3) is 1.99. The zero-order chi connectivity index (χ0) is 11.6. The van der Waals surface area contributed by atoms with Crippen LogP contribution in [0.1, 0.15) is 0 Å². The molecule has 0 radical (unpaired) electrons. The van der Waals surface area contributed by atoms with Crippen LogP contribution in [0.5, 0.6) is 0 Å². The predicted molar refractivity (Wildman–Crippen MR) is 61.5 cm³/mol. The van der Waals surface area contributed by atoms with E-state index in [2.05, 4.69) is 4.90 Å². The minimum Gasteiger partial charge on any atom is -0.399 e. The Hall–Kier alpha value is -0.880. The van der Waals surface area contributed by atoms with Crippen molar-refractivity contribution in [2.24, 2.45) is 11.5 Å². The van der Waals surface area contributed by atoms with Gasteiger partial charge in [-0.05, 0) is 12.2 Å². The molecular formula is C11H19N3O2. The second-order valence-corrected chi connectivity index (χ2v) is 4.15. The lowest BCUT2D eigenvalue weighted by Gasteiger charge is -2.45. The molecule has 2 unspecified atom stereocenters. The Balaban J connectivity index is 2.22. The standard InChI is InChI=1S/C11H19N3O2/c1-15-10-3-2-9(12)8-11(10,13)14-4-6-16-7-5-14/h2-3,8,10H,4-7,12-13H2,1H3. The van der Waals surface area contributed by atoms with Gasteiger partial charge in [0.2, 0.25) is 0 Å². The average Bonchev–Trinajstić information content (AvgIpc) is 2.30. The second-order valence-electron chi connectivity index (χ2n) is 4.15. The highest BCUT2D eigenvalue weighted by atomic mass is 16.5. The van der Waals surface area contributed by atoms with Crippen molar-refractivity contribution in [3.05, 3.63) is 23.9 Å². The quantitative estimate of drug-likeness (QED) is 0.656. The number of allylic oxidation sites excluding steroid dienone is 1. The molecule has 1 aliphatic carbocycles. The zero-order valence-electron chi connectivity index (χ0n) is 9.56. The van der Waals surface area contributed by atoms with E-state index in [1.165, 1.54) is 0 Å². The molecule has 2 rings (SSSR count). The predicted octanol–water partition coefficient (Wildman–Crippen LogP) is -0.599. The topological polar surface area (TPSA) is 73.7 Å². The Kier molecular flexibility index (Phi) is 3.30. The van der Waals surface area contributed by atoms with Gasteiger partial charge >= 0.3 is 0 Å². The van der Waals surface area contributed by atoms with Crippen molar-refractivity contribution in [1.29, 1.82) is 0 Å². The Morgan fingerprint density at radius 2 is 2.19 bits per heavy atom. The summed E-state index contributed by atoms with van der Waals surface area (Å²) in [7, 11) is 1.66. The van der Waals surface area contributed by atoms with E-state index in [9.17, 15) is 0 Å². The smallest absolute Gasteiger partial charge is 0.121 e. The minimum atomic E-state index is -0.655. The molecule has 5 heteroatoms. The van der Waals surface area contributed by atoms with Gasteiger partial charge in [0.05, 0.1) is 13.2 Å². The molecule has 0 amide bonds. The Morgan fingerprint density at radius 1 is 1.50 bits per heavy atom. The van der Waals surface area contributed by atoms with E-state index >= 15 is 0 Å². The molecule has 1 saturated heterocycles. The summed E-state index contributed by atoms with van der Waals surface area (Å²) >= 11 is 0. The number of morpholine rings is 1. The lowest BCUT2D eigenvalue weighted by atomic mass is 9.94. The normalized spacial score (nSPS) is 36.1. The van der Waals surface area contributed by atoms with Crippen molar-refractivity contribution in [3.63, 3.8) is 0 Å². The van der Waals surface area contributed by atoms with Crippen LogP contribution in [-0.4, -0.2) is 50.1 Å². The van der Waals surface area contributed by atoms with Gasteiger partial charge in [-0.3, -0.25) is 4.90 Å². The van der Waals surface area contributed by atoms with Gasteiger partial charge in [0.15, 0.2) is 0 Å². The van der Waals surface area contributed by atoms with E-state index in [-0.39, 0.29) is 6.10 Å². The van der Waals surface area contributed by atoms with Crippen LogP contribution in [0.25, 0.3) is 0 Å². The van der Waals surface area contributed by atoms with E-state index in [0.29, 0.717) is 18.9 Å². The fraction of sp³-hybridized carbons (Fsp3) is 0.636. The first kappa shape index (κ1) is 11.6. The molecule has 1 fully saturated rings. The maximum absolute atomic E-state index is 6.42. The van der Waals surface area contributed by atoms with Crippen LogP contribution in [0.4, 0.5) is 0 Å². The van der Waals surface area contributed by atoms with E-state index in [0.717, 1.165) is 13.1 Å². The van der Waals surface area contributed by atoms with Crippen LogP contribution in [0, 0.1) is 0 Å². The molecule has 1 heterocycles. The van der Waals surface area contributed by atoms with Crippen LogP contribution in [0.15, 0.2) is 23.9 Å². The maximum Gasteiger partial charge on any atom is 0.121 e. The Bertz CT molecular complexity index is 310. The van der Waals surface area contributed by atoms with E-state index in [4.69, 9.17) is 20.9 Å². The number of hydrogen-bond donors (Lipinski definition) is 2. The first-order valence-corrected chi connectivity index (χ1v) is 5.48. The molecule has 16 heavy (non-hydrogen) atoms. The summed E-state index contributed by atoms with van der Waals surface area (Å²) in [5.41, 5.74) is 12.3. The highest BCUT2D eigenvalue weighted by Crippen LogP contribution is 2.25. The Labute approximate surface area is 95.7 Å². The first-order chi connectivity index (χ1) is 7.66. The molecular weight excluding hydrogens is 206 g/mol. The molecule has 0 spiro atoms. The van der Waals surface area contributed by atoms with Crippen molar-refractivity contribution in [2.75, 3.05) is 33.4 Å². The Morgan fingerprint density at radius 3 is 2.81 bits per heavy atom. The van der Waals surface area contributed by atoms with Gasteiger partial charge in [0.25, 0.3) is 0 Å². The third-order valence-corrected chi connectivity index (χ3v) is 3.13. The second kappa shape index (κ2) is 4.55. The lowest BCUT2D eigenvalue weighted by Crippen LogP contribution is -2.65. The molecule has 2 aliphatic rings. The van der Waals surface area contributed by atoms with Crippen molar-refractivity contribution in [1.82, 2.24) is 4.90 Å². The van der Waals surface area contributed by atoms with Gasteiger partial charge in [0.1, 0.15) is 11.8 Å². The number of ether oxygens (including phenoxy) is 2. The summed E-state index contributed by atoms with van der Waals surface area (Å²) in [6, 6.07) is 0. The van der Waals surface area contributed by atoms with Gasteiger partial charge in [-0.15, -0.1) is 0 Å². The maximum atomic E-state index is 6.42. The van der Waals surface area contributed by atoms with Crippen molar-refractivity contribution in [3.8, 4) is 0 Å². The summed E-state index contributed by atoms with van der Waals surface area (Å²) in [5, 5.41) is 0. The molecule has 0 aromatic rings. The van der Waals surface area contributed by atoms with Crippen LogP contribution in [-0.2, 0) is 9.47 Å². The third-order valence-electron chi connectivity index (χ3n) is 3.13. The largest absolute Gasteiger partial charge is 0.399 e. The van der Waals surface area contributed by atoms with Crippen molar-refractivity contribution < 1.29 is 9.47 Å². The monoisotopic (exact) mass is 225 g/mol. The molecule has 2 atom stereocenters. The first-order valence-electron chi connectivity index (χ1n) is 5.48. The molecule has 0 aromatic heterocycles. The van der Waals surface area contributed by atoms with Gasteiger partial charge in [-0.25, -0.2) is 0 Å². The average molecular weight is 225 g/mol. The van der Waals surface area contributed by atoms with Crippen molar-refractivity contribution in [2.45, 2.75) is 11.8 Å². The van der Waals surface area contributed by atoms with Gasteiger partial charge < -0.3 is 20.9 Å².